The third-order valence-electron chi connectivity index (χ3n) is 6.34. The van der Waals surface area contributed by atoms with Crippen LogP contribution in [-0.2, 0) is 9.59 Å². The van der Waals surface area contributed by atoms with Gasteiger partial charge in [-0.15, -0.1) is 24.0 Å². The third-order valence-corrected chi connectivity index (χ3v) is 6.34. The number of hydrogen-bond donors (Lipinski definition) is 2. The average Bonchev–Trinajstić information content (AvgIpc) is 3.08. The van der Waals surface area contributed by atoms with Crippen molar-refractivity contribution in [3.05, 3.63) is 35.9 Å². The number of likely N-dealkylation sites (tertiary alicyclic amines) is 1. The van der Waals surface area contributed by atoms with Crippen LogP contribution in [0.2, 0.25) is 0 Å². The average molecular weight is 572 g/mol. The highest BCUT2D eigenvalue weighted by Gasteiger charge is 2.38. The maximum absolute atomic E-state index is 12.5. The van der Waals surface area contributed by atoms with E-state index in [9.17, 15) is 9.59 Å². The van der Waals surface area contributed by atoms with Gasteiger partial charge in [0.2, 0.25) is 11.8 Å². The SMILES string of the molecule is CCCCC(CC)CNC(=NCC(=O)N(C)C)NCC1CC(=O)N(C)C1c1ccccc1.I. The van der Waals surface area contributed by atoms with Crippen LogP contribution in [0.25, 0.3) is 0 Å². The minimum Gasteiger partial charge on any atom is -0.356 e. The second-order valence-electron chi connectivity index (χ2n) is 8.96. The second-order valence-corrected chi connectivity index (χ2v) is 8.96. The summed E-state index contributed by atoms with van der Waals surface area (Å²) in [4.78, 5) is 32.5. The topological polar surface area (TPSA) is 77.0 Å². The smallest absolute Gasteiger partial charge is 0.243 e. The second kappa shape index (κ2) is 15.1. The molecule has 0 radical (unpaired) electrons. The quantitative estimate of drug-likeness (QED) is 0.242. The minimum atomic E-state index is -0.0398. The largest absolute Gasteiger partial charge is 0.356 e. The van der Waals surface area contributed by atoms with Crippen molar-refractivity contribution in [2.24, 2.45) is 16.8 Å². The molecule has 0 saturated carbocycles. The molecule has 0 bridgehead atoms. The summed E-state index contributed by atoms with van der Waals surface area (Å²) in [5.74, 6) is 1.47. The number of benzene rings is 1. The normalized spacial score (nSPS) is 19.1. The number of nitrogens with one attached hydrogen (secondary N) is 2. The van der Waals surface area contributed by atoms with Gasteiger partial charge in [-0.3, -0.25) is 9.59 Å². The van der Waals surface area contributed by atoms with Crippen LogP contribution in [0.3, 0.4) is 0 Å². The van der Waals surface area contributed by atoms with Gasteiger partial charge in [0.15, 0.2) is 5.96 Å². The molecule has 1 aromatic carbocycles. The third kappa shape index (κ3) is 9.14. The van der Waals surface area contributed by atoms with Crippen molar-refractivity contribution < 1.29 is 9.59 Å². The first-order valence-corrected chi connectivity index (χ1v) is 11.9. The van der Waals surface area contributed by atoms with E-state index in [2.05, 4.69) is 41.6 Å². The van der Waals surface area contributed by atoms with Gasteiger partial charge in [-0.1, -0.05) is 63.4 Å². The lowest BCUT2D eigenvalue weighted by atomic mass is 9.93. The molecule has 1 saturated heterocycles. The molecule has 0 aliphatic carbocycles. The fraction of sp³-hybridized carbons (Fsp3) is 0.640. The summed E-state index contributed by atoms with van der Waals surface area (Å²) in [6.07, 6.45) is 5.20. The lowest BCUT2D eigenvalue weighted by molar-refractivity contribution is -0.128. The molecular weight excluding hydrogens is 529 g/mol. The van der Waals surface area contributed by atoms with E-state index in [-0.39, 0.29) is 54.3 Å². The maximum Gasteiger partial charge on any atom is 0.243 e. The van der Waals surface area contributed by atoms with Gasteiger partial charge in [-0.25, -0.2) is 4.99 Å². The van der Waals surface area contributed by atoms with Gasteiger partial charge in [0.05, 0.1) is 6.04 Å². The first-order valence-electron chi connectivity index (χ1n) is 11.9. The number of aliphatic imine (C=N–C) groups is 1. The summed E-state index contributed by atoms with van der Waals surface area (Å²) in [6, 6.07) is 10.2. The summed E-state index contributed by atoms with van der Waals surface area (Å²) in [5, 5.41) is 6.87. The Balaban J connectivity index is 0.00000544. The van der Waals surface area contributed by atoms with Crippen molar-refractivity contribution in [2.75, 3.05) is 40.8 Å². The molecule has 3 unspecified atom stereocenters. The number of rotatable bonds is 11. The van der Waals surface area contributed by atoms with Gasteiger partial charge in [-0.2, -0.15) is 0 Å². The first-order chi connectivity index (χ1) is 15.4. The number of unbranched alkanes of at least 4 members (excludes halogenated alkanes) is 1. The van der Waals surface area contributed by atoms with Crippen molar-refractivity contribution in [3.8, 4) is 0 Å². The highest BCUT2D eigenvalue weighted by Crippen LogP contribution is 2.36. The van der Waals surface area contributed by atoms with E-state index in [0.717, 1.165) is 18.5 Å². The van der Waals surface area contributed by atoms with Gasteiger partial charge in [0, 0.05) is 46.6 Å². The van der Waals surface area contributed by atoms with Gasteiger partial charge >= 0.3 is 0 Å². The molecule has 1 aliphatic rings. The molecule has 1 aliphatic heterocycles. The molecule has 186 valence electrons. The maximum atomic E-state index is 12.5. The first kappa shape index (κ1) is 29.2. The summed E-state index contributed by atoms with van der Waals surface area (Å²) in [6.45, 7) is 5.96. The fourth-order valence-corrected chi connectivity index (χ4v) is 4.16. The molecule has 1 heterocycles. The molecular formula is C25H42IN5O2. The van der Waals surface area contributed by atoms with Crippen LogP contribution in [0, 0.1) is 11.8 Å². The van der Waals surface area contributed by atoms with Crippen molar-refractivity contribution >= 4 is 41.8 Å². The van der Waals surface area contributed by atoms with Crippen LogP contribution in [0.4, 0.5) is 0 Å². The lowest BCUT2D eigenvalue weighted by Gasteiger charge is -2.26. The number of guanidine groups is 1. The van der Waals surface area contributed by atoms with E-state index in [4.69, 9.17) is 0 Å². The Kier molecular flexibility index (Phi) is 13.4. The molecule has 0 spiro atoms. The van der Waals surface area contributed by atoms with Crippen molar-refractivity contribution in [2.45, 2.75) is 52.0 Å². The Morgan fingerprint density at radius 3 is 2.52 bits per heavy atom. The molecule has 7 nitrogen and oxygen atoms in total. The minimum absolute atomic E-state index is 0. The predicted octanol–water partition coefficient (Wildman–Crippen LogP) is 3.66. The molecule has 3 atom stereocenters. The van der Waals surface area contributed by atoms with Crippen LogP contribution in [-0.4, -0.2) is 68.4 Å². The van der Waals surface area contributed by atoms with Crippen LogP contribution >= 0.6 is 24.0 Å². The highest BCUT2D eigenvalue weighted by molar-refractivity contribution is 14.0. The van der Waals surface area contributed by atoms with Gasteiger partial charge in [0.1, 0.15) is 6.54 Å². The Hall–Kier alpha value is -1.84. The van der Waals surface area contributed by atoms with E-state index in [1.165, 1.54) is 19.3 Å². The highest BCUT2D eigenvalue weighted by atomic mass is 127. The zero-order valence-corrected chi connectivity index (χ0v) is 23.2. The molecule has 2 rings (SSSR count). The molecule has 1 aromatic rings. The summed E-state index contributed by atoms with van der Waals surface area (Å²) in [5.41, 5.74) is 1.15. The molecule has 33 heavy (non-hydrogen) atoms. The van der Waals surface area contributed by atoms with Crippen LogP contribution < -0.4 is 10.6 Å². The number of nitrogens with zero attached hydrogens (tertiary/aromatic N) is 3. The van der Waals surface area contributed by atoms with Crippen molar-refractivity contribution in [1.82, 2.24) is 20.4 Å². The Morgan fingerprint density at radius 1 is 1.21 bits per heavy atom. The van der Waals surface area contributed by atoms with Crippen molar-refractivity contribution in [1.29, 1.82) is 0 Å². The summed E-state index contributed by atoms with van der Waals surface area (Å²) in [7, 11) is 5.35. The summed E-state index contributed by atoms with van der Waals surface area (Å²) >= 11 is 0. The number of halogens is 1. The molecule has 2 N–H and O–H groups in total. The van der Waals surface area contributed by atoms with Gasteiger partial charge < -0.3 is 20.4 Å². The molecule has 8 heteroatoms. The predicted molar refractivity (Wildman–Crippen MR) is 146 cm³/mol. The lowest BCUT2D eigenvalue weighted by Crippen LogP contribution is -2.43. The number of hydrogen-bond acceptors (Lipinski definition) is 3. The summed E-state index contributed by atoms with van der Waals surface area (Å²) < 4.78 is 0. The molecule has 2 amide bonds. The number of likely N-dealkylation sites (N-methyl/N-ethyl adjacent to an activating group) is 1. The van der Waals surface area contributed by atoms with E-state index >= 15 is 0 Å². The van der Waals surface area contributed by atoms with Crippen LogP contribution in [0.5, 0.6) is 0 Å². The number of carbonyl (C=O) groups is 2. The van der Waals surface area contributed by atoms with E-state index in [1.807, 2.05) is 30.1 Å². The number of carbonyl (C=O) groups excluding carboxylic acids is 2. The Morgan fingerprint density at radius 2 is 1.91 bits per heavy atom. The van der Waals surface area contributed by atoms with Crippen LogP contribution in [0.1, 0.15) is 57.6 Å². The standard InChI is InChI=1S/C25H41N5O2.HI/c1-6-8-12-19(7-2)16-26-25(28-18-23(32)29(3)4)27-17-21-15-22(31)30(5)24(21)20-13-10-9-11-14-20;/h9-11,13-14,19,21,24H,6-8,12,15-18H2,1-5H3,(H2,26,27,28);1H. The van der Waals surface area contributed by atoms with Gasteiger partial charge in [0.25, 0.3) is 0 Å². The van der Waals surface area contributed by atoms with Crippen molar-refractivity contribution in [3.63, 3.8) is 0 Å². The molecule has 1 fully saturated rings. The number of amides is 2. The Labute approximate surface area is 216 Å². The van der Waals surface area contributed by atoms with Crippen LogP contribution in [0.15, 0.2) is 35.3 Å². The van der Waals surface area contributed by atoms with E-state index in [0.29, 0.717) is 24.8 Å². The zero-order chi connectivity index (χ0) is 23.5. The monoisotopic (exact) mass is 571 g/mol. The Bertz CT molecular complexity index is 756. The van der Waals surface area contributed by atoms with Gasteiger partial charge in [-0.05, 0) is 17.9 Å². The van der Waals surface area contributed by atoms with E-state index in [1.54, 1.807) is 19.0 Å². The fourth-order valence-electron chi connectivity index (χ4n) is 4.16. The zero-order valence-electron chi connectivity index (χ0n) is 20.8. The molecule has 0 aromatic heterocycles. The van der Waals surface area contributed by atoms with E-state index < -0.39 is 0 Å².